The van der Waals surface area contributed by atoms with Crippen LogP contribution in [0, 0.1) is 6.57 Å². The number of rotatable bonds is 4. The van der Waals surface area contributed by atoms with E-state index in [2.05, 4.69) is 4.85 Å². The molecule has 80 valence electrons. The molecule has 0 bridgehead atoms. The van der Waals surface area contributed by atoms with E-state index >= 15 is 0 Å². The highest BCUT2D eigenvalue weighted by Gasteiger charge is 2.14. The van der Waals surface area contributed by atoms with Gasteiger partial charge in [-0.05, 0) is 26.0 Å². The summed E-state index contributed by atoms with van der Waals surface area (Å²) in [5, 5.41) is 0. The van der Waals surface area contributed by atoms with E-state index in [4.69, 9.17) is 11.3 Å². The Labute approximate surface area is 89.5 Å². The van der Waals surface area contributed by atoms with E-state index in [1.807, 2.05) is 0 Å². The van der Waals surface area contributed by atoms with Crippen molar-refractivity contribution in [1.29, 1.82) is 0 Å². The third-order valence-corrected chi connectivity index (χ3v) is 1.93. The fourth-order valence-corrected chi connectivity index (χ4v) is 1.03. The minimum atomic E-state index is -1.20. The van der Waals surface area contributed by atoms with Crippen LogP contribution in [0.2, 0.25) is 0 Å². The van der Waals surface area contributed by atoms with Gasteiger partial charge in [0.15, 0.2) is 5.69 Å². The number of benzene rings is 1. The number of nitrogens with zero attached hydrogens (tertiary/aromatic N) is 1. The Balaban J connectivity index is 2.42. The standard InChI is InChI=1S/C12H14FNO/c1-12(2,13)8-9-15-11-6-4-10(14-3)5-7-11/h4-7H,8-9H2,1-2H3. The molecule has 0 fully saturated rings. The number of hydrogen-bond acceptors (Lipinski definition) is 1. The average Bonchev–Trinajstić information content (AvgIpc) is 2.17. The Morgan fingerprint density at radius 3 is 2.40 bits per heavy atom. The molecular formula is C12H14FNO. The summed E-state index contributed by atoms with van der Waals surface area (Å²) in [5.41, 5.74) is -0.621. The van der Waals surface area contributed by atoms with Crippen LogP contribution in [0.25, 0.3) is 4.85 Å². The van der Waals surface area contributed by atoms with E-state index in [0.29, 0.717) is 24.5 Å². The first kappa shape index (κ1) is 11.5. The summed E-state index contributed by atoms with van der Waals surface area (Å²) < 4.78 is 18.4. The zero-order valence-electron chi connectivity index (χ0n) is 8.96. The molecule has 0 saturated carbocycles. The Kier molecular flexibility index (Phi) is 3.68. The molecule has 1 aromatic carbocycles. The van der Waals surface area contributed by atoms with Crippen LogP contribution in [0.3, 0.4) is 0 Å². The van der Waals surface area contributed by atoms with Crippen molar-refractivity contribution < 1.29 is 9.13 Å². The first-order chi connectivity index (χ1) is 7.01. The Morgan fingerprint density at radius 1 is 1.33 bits per heavy atom. The minimum Gasteiger partial charge on any atom is -0.494 e. The summed E-state index contributed by atoms with van der Waals surface area (Å²) in [6.45, 7) is 10.2. The Hall–Kier alpha value is -1.56. The maximum Gasteiger partial charge on any atom is 0.187 e. The van der Waals surface area contributed by atoms with Crippen molar-refractivity contribution in [3.8, 4) is 5.75 Å². The van der Waals surface area contributed by atoms with Gasteiger partial charge in [0.25, 0.3) is 0 Å². The second-order valence-electron chi connectivity index (χ2n) is 3.92. The molecule has 2 nitrogen and oxygen atoms in total. The monoisotopic (exact) mass is 207 g/mol. The van der Waals surface area contributed by atoms with Crippen molar-refractivity contribution in [3.05, 3.63) is 35.7 Å². The third kappa shape index (κ3) is 4.46. The predicted molar refractivity (Wildman–Crippen MR) is 58.0 cm³/mol. The summed E-state index contributed by atoms with van der Waals surface area (Å²) in [4.78, 5) is 3.27. The van der Waals surface area contributed by atoms with Crippen LogP contribution >= 0.6 is 0 Å². The molecular weight excluding hydrogens is 193 g/mol. The van der Waals surface area contributed by atoms with Gasteiger partial charge in [0.2, 0.25) is 0 Å². The zero-order chi connectivity index (χ0) is 11.3. The van der Waals surface area contributed by atoms with Gasteiger partial charge in [0.05, 0.1) is 13.2 Å². The van der Waals surface area contributed by atoms with Crippen LogP contribution in [0.4, 0.5) is 10.1 Å². The molecule has 1 rings (SSSR count). The SMILES string of the molecule is [C-]#[N+]c1ccc(OCCC(C)(C)F)cc1. The van der Waals surface area contributed by atoms with Crippen molar-refractivity contribution in [1.82, 2.24) is 0 Å². The first-order valence-corrected chi connectivity index (χ1v) is 4.80. The van der Waals surface area contributed by atoms with Crippen LogP contribution in [-0.2, 0) is 0 Å². The molecule has 0 spiro atoms. The second-order valence-corrected chi connectivity index (χ2v) is 3.92. The molecule has 0 aliphatic heterocycles. The van der Waals surface area contributed by atoms with Crippen molar-refractivity contribution in [2.75, 3.05) is 6.61 Å². The van der Waals surface area contributed by atoms with Gasteiger partial charge in [-0.2, -0.15) is 0 Å². The number of halogens is 1. The Morgan fingerprint density at radius 2 is 1.93 bits per heavy atom. The van der Waals surface area contributed by atoms with Gasteiger partial charge < -0.3 is 4.74 Å². The molecule has 15 heavy (non-hydrogen) atoms. The third-order valence-electron chi connectivity index (χ3n) is 1.93. The summed E-state index contributed by atoms with van der Waals surface area (Å²) >= 11 is 0. The number of hydrogen-bond donors (Lipinski definition) is 0. The lowest BCUT2D eigenvalue weighted by atomic mass is 10.1. The normalized spacial score (nSPS) is 10.8. The van der Waals surface area contributed by atoms with Crippen molar-refractivity contribution >= 4 is 5.69 Å². The molecule has 1 aromatic rings. The molecule has 0 heterocycles. The van der Waals surface area contributed by atoms with Crippen LogP contribution < -0.4 is 4.74 Å². The van der Waals surface area contributed by atoms with Crippen molar-refractivity contribution in [2.24, 2.45) is 0 Å². The molecule has 0 amide bonds. The van der Waals surface area contributed by atoms with Crippen LogP contribution in [0.5, 0.6) is 5.75 Å². The zero-order valence-corrected chi connectivity index (χ0v) is 8.96. The van der Waals surface area contributed by atoms with E-state index in [9.17, 15) is 4.39 Å². The molecule has 0 aliphatic carbocycles. The second kappa shape index (κ2) is 4.79. The quantitative estimate of drug-likeness (QED) is 0.685. The molecule has 3 heteroatoms. The van der Waals surface area contributed by atoms with Crippen molar-refractivity contribution in [2.45, 2.75) is 25.9 Å². The Bertz CT molecular complexity index is 345. The molecule has 0 aromatic heterocycles. The van der Waals surface area contributed by atoms with Crippen LogP contribution in [0.15, 0.2) is 24.3 Å². The highest BCUT2D eigenvalue weighted by molar-refractivity contribution is 5.46. The molecule has 0 radical (unpaired) electrons. The fourth-order valence-electron chi connectivity index (χ4n) is 1.03. The highest BCUT2D eigenvalue weighted by atomic mass is 19.1. The molecule has 0 aliphatic rings. The van der Waals surface area contributed by atoms with Crippen molar-refractivity contribution in [3.63, 3.8) is 0 Å². The number of alkyl halides is 1. The van der Waals surface area contributed by atoms with E-state index in [-0.39, 0.29) is 0 Å². The van der Waals surface area contributed by atoms with E-state index < -0.39 is 5.67 Å². The fraction of sp³-hybridized carbons (Fsp3) is 0.417. The van der Waals surface area contributed by atoms with Gasteiger partial charge in [-0.3, -0.25) is 0 Å². The topological polar surface area (TPSA) is 13.6 Å². The van der Waals surface area contributed by atoms with Crippen LogP contribution in [0.1, 0.15) is 20.3 Å². The maximum absolute atomic E-state index is 13.1. The summed E-state index contributed by atoms with van der Waals surface area (Å²) in [6, 6.07) is 6.81. The largest absolute Gasteiger partial charge is 0.494 e. The lowest BCUT2D eigenvalue weighted by Gasteiger charge is -2.14. The molecule has 0 unspecified atom stereocenters. The van der Waals surface area contributed by atoms with Gasteiger partial charge in [-0.1, -0.05) is 12.1 Å². The molecule has 0 saturated heterocycles. The van der Waals surface area contributed by atoms with E-state index in [0.717, 1.165) is 0 Å². The number of ether oxygens (including phenoxy) is 1. The lowest BCUT2D eigenvalue weighted by Crippen LogP contribution is -2.16. The smallest absolute Gasteiger partial charge is 0.187 e. The minimum absolute atomic E-state index is 0.348. The first-order valence-electron chi connectivity index (χ1n) is 4.80. The molecule has 0 N–H and O–H groups in total. The summed E-state index contributed by atoms with van der Waals surface area (Å²) in [6.07, 6.45) is 0.359. The van der Waals surface area contributed by atoms with Gasteiger partial charge >= 0.3 is 0 Å². The van der Waals surface area contributed by atoms with Gasteiger partial charge in [0.1, 0.15) is 11.4 Å². The van der Waals surface area contributed by atoms with Gasteiger partial charge in [-0.15, -0.1) is 0 Å². The van der Waals surface area contributed by atoms with Gasteiger partial charge in [0, 0.05) is 6.42 Å². The summed E-state index contributed by atoms with van der Waals surface area (Å²) in [5.74, 6) is 0.673. The average molecular weight is 207 g/mol. The highest BCUT2D eigenvalue weighted by Crippen LogP contribution is 2.19. The van der Waals surface area contributed by atoms with E-state index in [1.165, 1.54) is 13.8 Å². The summed E-state index contributed by atoms with van der Waals surface area (Å²) in [7, 11) is 0. The predicted octanol–water partition coefficient (Wildman–Crippen LogP) is 3.75. The molecule has 0 atom stereocenters. The van der Waals surface area contributed by atoms with Gasteiger partial charge in [-0.25, -0.2) is 9.24 Å². The lowest BCUT2D eigenvalue weighted by molar-refractivity contribution is 0.161. The van der Waals surface area contributed by atoms with Crippen LogP contribution in [-0.4, -0.2) is 12.3 Å². The maximum atomic E-state index is 13.1. The van der Waals surface area contributed by atoms with E-state index in [1.54, 1.807) is 24.3 Å².